The van der Waals surface area contributed by atoms with Crippen molar-refractivity contribution in [3.05, 3.63) is 12.2 Å². The molecule has 0 aromatic heterocycles. The highest BCUT2D eigenvalue weighted by Gasteiger charge is 2.64. The van der Waals surface area contributed by atoms with Crippen LogP contribution in [-0.2, 0) is 14.3 Å². The number of ether oxygens (including phenoxy) is 2. The van der Waals surface area contributed by atoms with Gasteiger partial charge in [0.2, 0.25) is 0 Å². The summed E-state index contributed by atoms with van der Waals surface area (Å²) in [4.78, 5) is 10.7. The number of epoxide rings is 1. The lowest BCUT2D eigenvalue weighted by Gasteiger charge is -2.19. The SMILES string of the molecule is CC(=O)OC[C@](C)(O)C#C[C@@]12O[C@@H]1[C@@H](O)C=C[C@@H]2O. The molecule has 19 heavy (non-hydrogen) atoms. The molecule has 0 saturated carbocycles. The number of hydrogen-bond acceptors (Lipinski definition) is 6. The van der Waals surface area contributed by atoms with Crippen molar-refractivity contribution < 1.29 is 29.6 Å². The van der Waals surface area contributed by atoms with Crippen LogP contribution in [0.1, 0.15) is 13.8 Å². The highest BCUT2D eigenvalue weighted by Crippen LogP contribution is 2.45. The third kappa shape index (κ3) is 2.80. The molecule has 0 bridgehead atoms. The first-order valence-electron chi connectivity index (χ1n) is 5.89. The zero-order chi connectivity index (χ0) is 14.3. The van der Waals surface area contributed by atoms with E-state index in [1.807, 2.05) is 0 Å². The van der Waals surface area contributed by atoms with Crippen LogP contribution in [0.15, 0.2) is 12.2 Å². The third-order valence-electron chi connectivity index (χ3n) is 3.01. The van der Waals surface area contributed by atoms with Crippen molar-refractivity contribution in [1.82, 2.24) is 0 Å². The minimum absolute atomic E-state index is 0.273. The normalized spacial score (nSPS) is 38.5. The van der Waals surface area contributed by atoms with E-state index in [9.17, 15) is 20.1 Å². The van der Waals surface area contributed by atoms with E-state index >= 15 is 0 Å². The van der Waals surface area contributed by atoms with E-state index in [0.717, 1.165) is 0 Å². The molecule has 104 valence electrons. The van der Waals surface area contributed by atoms with Crippen LogP contribution in [0.2, 0.25) is 0 Å². The Morgan fingerprint density at radius 1 is 1.53 bits per heavy atom. The maximum atomic E-state index is 10.7. The molecule has 6 nitrogen and oxygen atoms in total. The topological polar surface area (TPSA) is 99.5 Å². The summed E-state index contributed by atoms with van der Waals surface area (Å²) in [6.45, 7) is 2.34. The summed E-state index contributed by atoms with van der Waals surface area (Å²) < 4.78 is 9.94. The first-order valence-corrected chi connectivity index (χ1v) is 5.89. The number of aliphatic hydroxyl groups excluding tert-OH is 2. The van der Waals surface area contributed by atoms with E-state index in [4.69, 9.17) is 4.74 Å². The Hall–Kier alpha value is -1.39. The average Bonchev–Trinajstić information content (AvgIpc) is 3.07. The Morgan fingerprint density at radius 3 is 2.84 bits per heavy atom. The number of rotatable bonds is 2. The van der Waals surface area contributed by atoms with Crippen LogP contribution in [0.4, 0.5) is 0 Å². The first kappa shape index (κ1) is 14.0. The largest absolute Gasteiger partial charge is 0.462 e. The molecule has 2 aliphatic rings. The van der Waals surface area contributed by atoms with Gasteiger partial charge in [-0.3, -0.25) is 4.79 Å². The Kier molecular flexibility index (Phi) is 3.41. The predicted octanol–water partition coefficient (Wildman–Crippen LogP) is -1.27. The molecule has 0 amide bonds. The Labute approximate surface area is 110 Å². The molecule has 1 aliphatic heterocycles. The molecule has 0 spiro atoms. The van der Waals surface area contributed by atoms with E-state index in [2.05, 4.69) is 16.6 Å². The summed E-state index contributed by atoms with van der Waals surface area (Å²) in [6.07, 6.45) is 0.474. The fourth-order valence-electron chi connectivity index (χ4n) is 1.89. The number of carbonyl (C=O) groups is 1. The fraction of sp³-hybridized carbons (Fsp3) is 0.615. The monoisotopic (exact) mass is 268 g/mol. The van der Waals surface area contributed by atoms with Crippen molar-refractivity contribution in [3.8, 4) is 11.8 Å². The smallest absolute Gasteiger partial charge is 0.302 e. The van der Waals surface area contributed by atoms with E-state index in [0.29, 0.717) is 0 Å². The van der Waals surface area contributed by atoms with Crippen molar-refractivity contribution in [1.29, 1.82) is 0 Å². The lowest BCUT2D eigenvalue weighted by atomic mass is 9.89. The van der Waals surface area contributed by atoms with Crippen LogP contribution in [0.5, 0.6) is 0 Å². The third-order valence-corrected chi connectivity index (χ3v) is 3.01. The van der Waals surface area contributed by atoms with Gasteiger partial charge in [0.15, 0.2) is 11.2 Å². The molecule has 3 N–H and O–H groups in total. The van der Waals surface area contributed by atoms with Gasteiger partial charge in [0.25, 0.3) is 0 Å². The molecule has 1 saturated heterocycles. The first-order chi connectivity index (χ1) is 8.77. The van der Waals surface area contributed by atoms with Gasteiger partial charge in [-0.05, 0) is 6.92 Å². The molecular formula is C13H16O6. The van der Waals surface area contributed by atoms with E-state index in [1.54, 1.807) is 0 Å². The van der Waals surface area contributed by atoms with Crippen LogP contribution in [0.3, 0.4) is 0 Å². The predicted molar refractivity (Wildman–Crippen MR) is 63.8 cm³/mol. The summed E-state index contributed by atoms with van der Waals surface area (Å²) in [5.74, 6) is 4.64. The number of fused-ring (bicyclic) bond motifs is 1. The molecule has 0 aromatic carbocycles. The van der Waals surface area contributed by atoms with Gasteiger partial charge < -0.3 is 24.8 Å². The van der Waals surface area contributed by atoms with E-state index in [-0.39, 0.29) is 6.61 Å². The van der Waals surface area contributed by atoms with Crippen LogP contribution < -0.4 is 0 Å². The molecule has 6 heteroatoms. The van der Waals surface area contributed by atoms with Gasteiger partial charge in [-0.25, -0.2) is 0 Å². The van der Waals surface area contributed by atoms with Gasteiger partial charge in [0.05, 0.1) is 0 Å². The molecular weight excluding hydrogens is 252 g/mol. The van der Waals surface area contributed by atoms with Crippen LogP contribution in [0.25, 0.3) is 0 Å². The van der Waals surface area contributed by atoms with Crippen LogP contribution in [0, 0.1) is 11.8 Å². The Balaban J connectivity index is 2.08. The van der Waals surface area contributed by atoms with Crippen molar-refractivity contribution in [2.75, 3.05) is 6.61 Å². The van der Waals surface area contributed by atoms with Gasteiger partial charge in [-0.2, -0.15) is 0 Å². The lowest BCUT2D eigenvalue weighted by Crippen LogP contribution is -2.38. The minimum atomic E-state index is -1.54. The second-order valence-electron chi connectivity index (χ2n) is 4.96. The van der Waals surface area contributed by atoms with E-state index in [1.165, 1.54) is 26.0 Å². The van der Waals surface area contributed by atoms with Crippen LogP contribution in [-0.4, -0.2) is 57.4 Å². The van der Waals surface area contributed by atoms with Gasteiger partial charge in [-0.1, -0.05) is 24.0 Å². The van der Waals surface area contributed by atoms with Gasteiger partial charge in [0.1, 0.15) is 24.9 Å². The van der Waals surface area contributed by atoms with Gasteiger partial charge in [-0.15, -0.1) is 0 Å². The molecule has 1 aliphatic carbocycles. The molecule has 5 atom stereocenters. The highest BCUT2D eigenvalue weighted by molar-refractivity contribution is 5.66. The zero-order valence-electron chi connectivity index (χ0n) is 10.7. The molecule has 1 heterocycles. The summed E-state index contributed by atoms with van der Waals surface area (Å²) in [7, 11) is 0. The number of aliphatic hydroxyl groups is 3. The average molecular weight is 268 g/mol. The van der Waals surface area contributed by atoms with Crippen molar-refractivity contribution in [2.24, 2.45) is 0 Å². The van der Waals surface area contributed by atoms with Crippen molar-refractivity contribution in [3.63, 3.8) is 0 Å². The maximum absolute atomic E-state index is 10.7. The van der Waals surface area contributed by atoms with Gasteiger partial charge >= 0.3 is 5.97 Å². The number of esters is 1. The Bertz CT molecular complexity index is 471. The lowest BCUT2D eigenvalue weighted by molar-refractivity contribution is -0.145. The standard InChI is InChI=1S/C13H16O6/c1-8(14)18-7-12(2,17)5-6-13-10(16)4-3-9(15)11(13)19-13/h3-4,9-11,15-17H,7H2,1-2H3/t9-,10-,11+,12+,13-/m0/s1. The molecule has 0 unspecified atom stereocenters. The Morgan fingerprint density at radius 2 is 2.21 bits per heavy atom. The van der Waals surface area contributed by atoms with Crippen molar-refractivity contribution in [2.45, 2.75) is 43.4 Å². The summed E-state index contributed by atoms with van der Waals surface area (Å²) in [6, 6.07) is 0. The summed E-state index contributed by atoms with van der Waals surface area (Å²) in [5, 5.41) is 29.3. The fourth-order valence-corrected chi connectivity index (χ4v) is 1.89. The minimum Gasteiger partial charge on any atom is -0.462 e. The molecule has 2 rings (SSSR count). The number of carbonyl (C=O) groups excluding carboxylic acids is 1. The highest BCUT2D eigenvalue weighted by atomic mass is 16.6. The summed E-state index contributed by atoms with van der Waals surface area (Å²) in [5.41, 5.74) is -2.71. The molecule has 0 radical (unpaired) electrons. The maximum Gasteiger partial charge on any atom is 0.302 e. The van der Waals surface area contributed by atoms with Crippen LogP contribution >= 0.6 is 0 Å². The van der Waals surface area contributed by atoms with Crippen molar-refractivity contribution >= 4 is 5.97 Å². The molecule has 0 aromatic rings. The van der Waals surface area contributed by atoms with Gasteiger partial charge in [0, 0.05) is 6.92 Å². The zero-order valence-corrected chi connectivity index (χ0v) is 10.7. The quantitative estimate of drug-likeness (QED) is 0.250. The second-order valence-corrected chi connectivity index (χ2v) is 4.96. The number of hydrogen-bond donors (Lipinski definition) is 3. The summed E-state index contributed by atoms with van der Waals surface area (Å²) >= 11 is 0. The second kappa shape index (κ2) is 4.62. The molecule has 1 fully saturated rings. The van der Waals surface area contributed by atoms with E-state index < -0.39 is 35.5 Å².